The van der Waals surface area contributed by atoms with Crippen molar-refractivity contribution in [2.45, 2.75) is 63.1 Å². The minimum atomic E-state index is -4.01. The number of carbonyl (C=O) groups is 1. The first-order chi connectivity index (χ1) is 19.8. The first-order valence-corrected chi connectivity index (χ1v) is 15.9. The fraction of sp³-hybridized carbons (Fsp3) is 0.393. The van der Waals surface area contributed by atoms with Gasteiger partial charge in [0.1, 0.15) is 16.9 Å². The number of nitrogens with zero attached hydrogens (tertiary/aromatic N) is 2. The van der Waals surface area contributed by atoms with Crippen LogP contribution in [0.3, 0.4) is 0 Å². The van der Waals surface area contributed by atoms with Crippen LogP contribution in [0.25, 0.3) is 0 Å². The van der Waals surface area contributed by atoms with Crippen molar-refractivity contribution in [3.63, 3.8) is 0 Å². The van der Waals surface area contributed by atoms with Crippen LogP contribution in [-0.2, 0) is 21.2 Å². The normalized spacial score (nSPS) is 14.2. The Labute approximate surface area is 255 Å². The van der Waals surface area contributed by atoms with Gasteiger partial charge in [-0.25, -0.2) is 18.1 Å². The molecule has 3 rings (SSSR count). The maximum atomic E-state index is 13.1. The second kappa shape index (κ2) is 14.8. The predicted molar refractivity (Wildman–Crippen MR) is 165 cm³/mol. The van der Waals surface area contributed by atoms with Gasteiger partial charge in [0.15, 0.2) is 0 Å². The number of nitrogens with one attached hydrogen (secondary N) is 2. The van der Waals surface area contributed by atoms with E-state index in [0.717, 1.165) is 5.56 Å². The molecule has 0 aliphatic carbocycles. The Hall–Kier alpha value is -3.23. The first kappa shape index (κ1) is 33.3. The molecule has 0 radical (unpaired) electrons. The number of aliphatic hydroxyl groups excluding tert-OH is 1. The molecule has 11 nitrogen and oxygen atoms in total. The number of methoxy groups -OCH3 is 1. The lowest BCUT2D eigenvalue weighted by Gasteiger charge is -2.24. The molecule has 0 spiro atoms. The van der Waals surface area contributed by atoms with Gasteiger partial charge >= 0.3 is 0 Å². The molecule has 1 heterocycles. The van der Waals surface area contributed by atoms with Gasteiger partial charge in [-0.1, -0.05) is 23.7 Å². The van der Waals surface area contributed by atoms with E-state index in [2.05, 4.69) is 20.0 Å². The molecule has 0 saturated heterocycles. The van der Waals surface area contributed by atoms with Gasteiger partial charge in [-0.15, -0.1) is 11.3 Å². The fourth-order valence-electron chi connectivity index (χ4n) is 4.50. The van der Waals surface area contributed by atoms with E-state index in [-0.39, 0.29) is 23.8 Å². The van der Waals surface area contributed by atoms with Crippen molar-refractivity contribution in [2.24, 2.45) is 16.5 Å². The van der Waals surface area contributed by atoms with E-state index in [0.29, 0.717) is 45.3 Å². The summed E-state index contributed by atoms with van der Waals surface area (Å²) < 4.78 is 33.9. The van der Waals surface area contributed by atoms with Crippen molar-refractivity contribution in [1.29, 1.82) is 0 Å². The number of amides is 1. The van der Waals surface area contributed by atoms with Gasteiger partial charge in [0.05, 0.1) is 24.1 Å². The second-order valence-electron chi connectivity index (χ2n) is 9.86. The number of rotatable bonds is 13. The lowest BCUT2D eigenvalue weighted by molar-refractivity contribution is -0.124. The summed E-state index contributed by atoms with van der Waals surface area (Å²) in [6, 6.07) is 7.15. The molecule has 1 aromatic heterocycles. The van der Waals surface area contributed by atoms with Gasteiger partial charge in [-0.2, -0.15) is 0 Å². The highest BCUT2D eigenvalue weighted by molar-refractivity contribution is 7.90. The van der Waals surface area contributed by atoms with Gasteiger partial charge in [-0.05, 0) is 80.5 Å². The summed E-state index contributed by atoms with van der Waals surface area (Å²) in [7, 11) is -2.48. The van der Waals surface area contributed by atoms with Crippen molar-refractivity contribution in [3.05, 3.63) is 74.2 Å². The van der Waals surface area contributed by atoms with Crippen molar-refractivity contribution in [3.8, 4) is 5.75 Å². The standard InChI is InChI=1S/C28H37ClN6O5S2/c1-16-14-23(40-4)17(2)18(3)25(16)42(38,39)35-28(31)33-11-5-6-22(24(36)27-32-12-13-41-27)34-26(37)21(30)15-19-7-9-20(29)10-8-19/h7-10,12-14,21-22,24,36H,5-6,11,15,30H2,1-4H3,(H,34,37)(H3,31,33,35)/t21-,22-,24?/m0/s1. The molecule has 1 unspecified atom stereocenters. The lowest BCUT2D eigenvalue weighted by atomic mass is 10.0. The molecular weight excluding hydrogens is 600 g/mol. The second-order valence-corrected chi connectivity index (χ2v) is 12.8. The van der Waals surface area contributed by atoms with Crippen LogP contribution in [0.4, 0.5) is 0 Å². The number of benzene rings is 2. The highest BCUT2D eigenvalue weighted by atomic mass is 35.5. The van der Waals surface area contributed by atoms with Gasteiger partial charge in [0.25, 0.3) is 10.0 Å². The molecule has 14 heteroatoms. The Kier molecular flexibility index (Phi) is 11.7. The van der Waals surface area contributed by atoms with E-state index < -0.39 is 34.1 Å². The molecule has 3 aromatic rings. The number of sulfonamides is 1. The number of aliphatic imine (C=N–C) groups is 1. The van der Waals surface area contributed by atoms with E-state index in [4.69, 9.17) is 27.8 Å². The zero-order valence-electron chi connectivity index (χ0n) is 23.9. The lowest BCUT2D eigenvalue weighted by Crippen LogP contribution is -2.48. The summed E-state index contributed by atoms with van der Waals surface area (Å²) in [5, 5.41) is 16.5. The molecule has 0 bridgehead atoms. The first-order valence-electron chi connectivity index (χ1n) is 13.2. The zero-order chi connectivity index (χ0) is 31.0. The number of hydrogen-bond donors (Lipinski definition) is 5. The number of aryl methyl sites for hydroxylation is 1. The molecule has 0 fully saturated rings. The van der Waals surface area contributed by atoms with E-state index >= 15 is 0 Å². The van der Waals surface area contributed by atoms with Gasteiger partial charge in [0.2, 0.25) is 11.9 Å². The molecule has 0 aliphatic heterocycles. The van der Waals surface area contributed by atoms with Gasteiger partial charge in [-0.3, -0.25) is 9.79 Å². The number of nitrogens with two attached hydrogens (primary N) is 2. The Morgan fingerprint density at radius 1 is 1.21 bits per heavy atom. The summed E-state index contributed by atoms with van der Waals surface area (Å²) in [4.78, 5) is 21.4. The number of aromatic nitrogens is 1. The molecule has 42 heavy (non-hydrogen) atoms. The molecule has 2 aromatic carbocycles. The Morgan fingerprint density at radius 2 is 1.90 bits per heavy atom. The van der Waals surface area contributed by atoms with Gasteiger partial charge < -0.3 is 26.6 Å². The Morgan fingerprint density at radius 3 is 2.52 bits per heavy atom. The number of carbonyl (C=O) groups excluding carboxylic acids is 1. The zero-order valence-corrected chi connectivity index (χ0v) is 26.3. The van der Waals surface area contributed by atoms with Crippen LogP contribution < -0.4 is 26.2 Å². The van der Waals surface area contributed by atoms with Crippen molar-refractivity contribution in [1.82, 2.24) is 15.0 Å². The minimum absolute atomic E-state index is 0.114. The van der Waals surface area contributed by atoms with Crippen molar-refractivity contribution in [2.75, 3.05) is 13.7 Å². The van der Waals surface area contributed by atoms with Crippen LogP contribution >= 0.6 is 22.9 Å². The number of guanidine groups is 1. The minimum Gasteiger partial charge on any atom is -0.496 e. The topological polar surface area (TPSA) is 182 Å². The summed E-state index contributed by atoms with van der Waals surface area (Å²) in [5.74, 6) is -0.103. The third kappa shape index (κ3) is 8.65. The van der Waals surface area contributed by atoms with Crippen molar-refractivity contribution >= 4 is 44.8 Å². The van der Waals surface area contributed by atoms with Crippen LogP contribution in [0, 0.1) is 20.8 Å². The highest BCUT2D eigenvalue weighted by Gasteiger charge is 2.27. The molecule has 0 saturated carbocycles. The van der Waals surface area contributed by atoms with Crippen LogP contribution in [0.1, 0.15) is 46.2 Å². The van der Waals surface area contributed by atoms with Crippen LogP contribution in [0.5, 0.6) is 5.75 Å². The average molecular weight is 637 g/mol. The van der Waals surface area contributed by atoms with Gasteiger partial charge in [0, 0.05) is 23.1 Å². The molecule has 1 amide bonds. The number of halogens is 1. The molecule has 3 atom stereocenters. The van der Waals surface area contributed by atoms with Crippen LogP contribution in [0.15, 0.2) is 51.8 Å². The van der Waals surface area contributed by atoms with Crippen molar-refractivity contribution < 1.29 is 23.1 Å². The van der Waals surface area contributed by atoms with E-state index in [1.165, 1.54) is 18.4 Å². The number of aliphatic hydroxyl groups is 1. The summed E-state index contributed by atoms with van der Waals surface area (Å²) in [6.45, 7) is 5.31. The monoisotopic (exact) mass is 636 g/mol. The molecular formula is C28H37ClN6O5S2. The van der Waals surface area contributed by atoms with E-state index in [1.54, 1.807) is 62.7 Å². The van der Waals surface area contributed by atoms with Crippen LogP contribution in [0.2, 0.25) is 5.02 Å². The summed E-state index contributed by atoms with van der Waals surface area (Å²) >= 11 is 7.20. The van der Waals surface area contributed by atoms with E-state index in [1.807, 2.05) is 0 Å². The molecule has 228 valence electrons. The predicted octanol–water partition coefficient (Wildman–Crippen LogP) is 2.89. The summed E-state index contributed by atoms with van der Waals surface area (Å²) in [5.41, 5.74) is 14.7. The van der Waals surface area contributed by atoms with Crippen LogP contribution in [-0.4, -0.2) is 56.1 Å². The number of hydrogen-bond acceptors (Lipinski definition) is 9. The molecule has 0 aliphatic rings. The quantitative estimate of drug-likeness (QED) is 0.108. The SMILES string of the molecule is COc1cc(C)c(S(=O)(=O)NC(N)=NCCC[C@H](NC(=O)[C@@H](N)Cc2ccc(Cl)cc2)C(O)c2nccs2)c(C)c1C. The highest BCUT2D eigenvalue weighted by Crippen LogP contribution is 2.30. The summed E-state index contributed by atoms with van der Waals surface area (Å²) in [6.07, 6.45) is 1.47. The maximum Gasteiger partial charge on any atom is 0.264 e. The number of thiazole rings is 1. The number of ether oxygens (including phenoxy) is 1. The van der Waals surface area contributed by atoms with E-state index in [9.17, 15) is 18.3 Å². The maximum absolute atomic E-state index is 13.1. The fourth-order valence-corrected chi connectivity index (χ4v) is 6.79. The molecule has 7 N–H and O–H groups in total. The Balaban J connectivity index is 1.64. The third-order valence-corrected chi connectivity index (χ3v) is 9.52. The third-order valence-electron chi connectivity index (χ3n) is 6.78. The largest absolute Gasteiger partial charge is 0.496 e. The Bertz CT molecular complexity index is 1500. The average Bonchev–Trinajstić information content (AvgIpc) is 3.48. The smallest absolute Gasteiger partial charge is 0.264 e.